The quantitative estimate of drug-likeness (QED) is 0.350. The molecule has 0 saturated heterocycles. The molecule has 0 amide bonds. The lowest BCUT2D eigenvalue weighted by Crippen LogP contribution is -2.27. The van der Waals surface area contributed by atoms with Crippen LogP contribution in [0.15, 0.2) is 22.4 Å². The molecule has 0 aliphatic carbocycles. The fourth-order valence-corrected chi connectivity index (χ4v) is 0.993. The van der Waals surface area contributed by atoms with Crippen LogP contribution in [-0.2, 0) is 0 Å². The predicted octanol–water partition coefficient (Wildman–Crippen LogP) is -0.526. The largest absolute Gasteiger partial charge is 0.390 e. The van der Waals surface area contributed by atoms with E-state index in [1.165, 1.54) is 6.33 Å². The number of aliphatic hydroxyl groups excluding tert-OH is 2. The highest BCUT2D eigenvalue weighted by atomic mass is 16.3. The summed E-state index contributed by atoms with van der Waals surface area (Å²) in [5.74, 6) is 0. The summed E-state index contributed by atoms with van der Waals surface area (Å²) in [4.78, 5) is 19.4. The molecule has 1 aromatic heterocycles. The zero-order chi connectivity index (χ0) is 11.3. The van der Waals surface area contributed by atoms with Crippen LogP contribution < -0.4 is 5.56 Å². The predicted molar refractivity (Wildman–Crippen MR) is 49.8 cm³/mol. The minimum atomic E-state index is -1.42. The number of nitrogens with zero attached hydrogens (tertiary/aromatic N) is 4. The van der Waals surface area contributed by atoms with Gasteiger partial charge in [-0.05, 0) is 5.53 Å². The minimum Gasteiger partial charge on any atom is -0.390 e. The molecule has 0 bridgehead atoms. The fraction of sp³-hybridized carbons (Fsp3) is 0.429. The van der Waals surface area contributed by atoms with Crippen molar-refractivity contribution in [1.29, 1.82) is 0 Å². The molecule has 8 heteroatoms. The second-order valence-electron chi connectivity index (χ2n) is 2.76. The zero-order valence-electron chi connectivity index (χ0n) is 7.61. The van der Waals surface area contributed by atoms with Crippen LogP contribution in [0.25, 0.3) is 10.4 Å². The first kappa shape index (κ1) is 11.2. The Hall–Kier alpha value is -1.89. The number of hydrogen-bond donors (Lipinski definition) is 3. The Morgan fingerprint density at radius 2 is 2.40 bits per heavy atom. The first-order chi connectivity index (χ1) is 7.16. The summed E-state index contributed by atoms with van der Waals surface area (Å²) < 4.78 is 0. The van der Waals surface area contributed by atoms with Crippen LogP contribution in [0.3, 0.4) is 0 Å². The van der Waals surface area contributed by atoms with Crippen LogP contribution in [0, 0.1) is 0 Å². The molecule has 80 valence electrons. The maximum absolute atomic E-state index is 11.2. The molecule has 1 rings (SSSR count). The van der Waals surface area contributed by atoms with E-state index in [4.69, 9.17) is 5.53 Å². The number of H-pyrrole nitrogens is 1. The van der Waals surface area contributed by atoms with Crippen LogP contribution >= 0.6 is 0 Å². The van der Waals surface area contributed by atoms with Gasteiger partial charge in [0.2, 0.25) is 0 Å². The monoisotopic (exact) mass is 211 g/mol. The van der Waals surface area contributed by atoms with Crippen LogP contribution in [0.4, 0.5) is 0 Å². The van der Waals surface area contributed by atoms with Gasteiger partial charge in [0.15, 0.2) is 0 Å². The smallest absolute Gasteiger partial charge is 0.256 e. The topological polar surface area (TPSA) is 135 Å². The van der Waals surface area contributed by atoms with Gasteiger partial charge in [0.25, 0.3) is 5.56 Å². The number of aromatic amines is 1. The molecule has 3 N–H and O–H groups in total. The van der Waals surface area contributed by atoms with Gasteiger partial charge in [-0.3, -0.25) is 4.79 Å². The van der Waals surface area contributed by atoms with Crippen molar-refractivity contribution < 1.29 is 10.2 Å². The van der Waals surface area contributed by atoms with E-state index >= 15 is 0 Å². The van der Waals surface area contributed by atoms with Crippen LogP contribution in [0.5, 0.6) is 0 Å². The Morgan fingerprint density at radius 1 is 1.67 bits per heavy atom. The van der Waals surface area contributed by atoms with Gasteiger partial charge in [0, 0.05) is 11.1 Å². The Morgan fingerprint density at radius 3 is 3.00 bits per heavy atom. The second kappa shape index (κ2) is 5.11. The Kier molecular flexibility index (Phi) is 3.81. The number of azide groups is 1. The molecule has 15 heavy (non-hydrogen) atoms. The lowest BCUT2D eigenvalue weighted by Gasteiger charge is -2.14. The molecule has 0 fully saturated rings. The van der Waals surface area contributed by atoms with Gasteiger partial charge < -0.3 is 15.2 Å². The molecule has 1 aromatic rings. The summed E-state index contributed by atoms with van der Waals surface area (Å²) in [5, 5.41) is 21.9. The van der Waals surface area contributed by atoms with Crippen molar-refractivity contribution in [3.05, 3.63) is 38.9 Å². The molecule has 0 aliphatic heterocycles. The molecule has 0 saturated carbocycles. The van der Waals surface area contributed by atoms with Crippen molar-refractivity contribution in [1.82, 2.24) is 9.97 Å². The van der Waals surface area contributed by atoms with E-state index in [0.717, 1.165) is 6.20 Å². The van der Waals surface area contributed by atoms with Crippen molar-refractivity contribution in [2.24, 2.45) is 5.11 Å². The first-order valence-electron chi connectivity index (χ1n) is 4.06. The SMILES string of the molecule is [N-]=[N+]=NCC(O)C(O)c1cnc[nH]c1=O. The number of aliphatic hydroxyl groups is 2. The van der Waals surface area contributed by atoms with Gasteiger partial charge in [-0.25, -0.2) is 4.98 Å². The highest BCUT2D eigenvalue weighted by Gasteiger charge is 2.20. The van der Waals surface area contributed by atoms with E-state index in [1.54, 1.807) is 0 Å². The molecule has 1 heterocycles. The molecule has 8 nitrogen and oxygen atoms in total. The zero-order valence-corrected chi connectivity index (χ0v) is 7.61. The lowest BCUT2D eigenvalue weighted by atomic mass is 10.1. The first-order valence-corrected chi connectivity index (χ1v) is 4.06. The summed E-state index contributed by atoms with van der Waals surface area (Å²) >= 11 is 0. The maximum atomic E-state index is 11.2. The van der Waals surface area contributed by atoms with Crippen molar-refractivity contribution in [3.8, 4) is 0 Å². The van der Waals surface area contributed by atoms with Gasteiger partial charge in [-0.2, -0.15) is 0 Å². The normalized spacial score (nSPS) is 14.0. The second-order valence-corrected chi connectivity index (χ2v) is 2.76. The summed E-state index contributed by atoms with van der Waals surface area (Å²) in [7, 11) is 0. The van der Waals surface area contributed by atoms with Crippen molar-refractivity contribution in [3.63, 3.8) is 0 Å². The standard InChI is InChI=1S/C7H9N5O3/c8-12-11-2-5(13)6(14)4-1-9-3-10-7(4)15/h1,3,5-6,13-14H,2H2,(H,9,10,15). The molecule has 2 atom stereocenters. The van der Waals surface area contributed by atoms with Gasteiger partial charge >= 0.3 is 0 Å². The van der Waals surface area contributed by atoms with E-state index in [9.17, 15) is 15.0 Å². The molecule has 0 spiro atoms. The van der Waals surface area contributed by atoms with Crippen LogP contribution in [0.1, 0.15) is 11.7 Å². The van der Waals surface area contributed by atoms with E-state index in [0.29, 0.717) is 0 Å². The molecular formula is C7H9N5O3. The van der Waals surface area contributed by atoms with Crippen molar-refractivity contribution in [2.45, 2.75) is 12.2 Å². The third-order valence-electron chi connectivity index (χ3n) is 1.76. The average molecular weight is 211 g/mol. The van der Waals surface area contributed by atoms with Gasteiger partial charge in [0.05, 0.1) is 24.5 Å². The summed E-state index contributed by atoms with van der Waals surface area (Å²) in [6.07, 6.45) is -0.444. The van der Waals surface area contributed by atoms with Crippen LogP contribution in [0.2, 0.25) is 0 Å². The van der Waals surface area contributed by atoms with Gasteiger partial charge in [0.1, 0.15) is 6.10 Å². The van der Waals surface area contributed by atoms with E-state index in [2.05, 4.69) is 20.0 Å². The van der Waals surface area contributed by atoms with Crippen molar-refractivity contribution in [2.75, 3.05) is 6.54 Å². The fourth-order valence-electron chi connectivity index (χ4n) is 0.993. The Balaban J connectivity index is 2.84. The lowest BCUT2D eigenvalue weighted by molar-refractivity contribution is 0.0233. The van der Waals surface area contributed by atoms with E-state index in [1.807, 2.05) is 0 Å². The summed E-state index contributed by atoms with van der Waals surface area (Å²) in [6.45, 7) is -0.313. The van der Waals surface area contributed by atoms with Gasteiger partial charge in [-0.1, -0.05) is 5.11 Å². The molecule has 0 radical (unpaired) electrons. The number of nitrogens with one attached hydrogen (secondary N) is 1. The molecular weight excluding hydrogens is 202 g/mol. The highest BCUT2D eigenvalue weighted by Crippen LogP contribution is 2.11. The number of rotatable bonds is 4. The molecule has 0 aromatic carbocycles. The number of hydrogen-bond acceptors (Lipinski definition) is 5. The molecule has 2 unspecified atom stereocenters. The maximum Gasteiger partial charge on any atom is 0.256 e. The molecule has 0 aliphatic rings. The van der Waals surface area contributed by atoms with E-state index in [-0.39, 0.29) is 12.1 Å². The average Bonchev–Trinajstić information content (AvgIpc) is 2.25. The van der Waals surface area contributed by atoms with Crippen molar-refractivity contribution >= 4 is 0 Å². The van der Waals surface area contributed by atoms with Crippen LogP contribution in [-0.4, -0.2) is 32.8 Å². The highest BCUT2D eigenvalue weighted by molar-refractivity contribution is 5.09. The Bertz CT molecular complexity index is 425. The number of aromatic nitrogens is 2. The Labute approximate surface area is 83.8 Å². The van der Waals surface area contributed by atoms with E-state index < -0.39 is 17.8 Å². The van der Waals surface area contributed by atoms with Gasteiger partial charge in [-0.15, -0.1) is 0 Å². The summed E-state index contributed by atoms with van der Waals surface area (Å²) in [5.41, 5.74) is 7.39. The third kappa shape index (κ3) is 2.78. The third-order valence-corrected chi connectivity index (χ3v) is 1.76. The summed E-state index contributed by atoms with van der Waals surface area (Å²) in [6, 6.07) is 0. The minimum absolute atomic E-state index is 0.0712.